The van der Waals surface area contributed by atoms with Crippen LogP contribution in [0.5, 0.6) is 0 Å². The normalized spacial score (nSPS) is 17.3. The number of nitrogens with zero attached hydrogens (tertiary/aromatic N) is 1. The third kappa shape index (κ3) is 2.94. The molecule has 0 saturated carbocycles. The van der Waals surface area contributed by atoms with E-state index in [1.54, 1.807) is 30.2 Å². The first kappa shape index (κ1) is 14.3. The van der Waals surface area contributed by atoms with Crippen molar-refractivity contribution in [1.29, 1.82) is 0 Å². The number of halogens is 1. The van der Waals surface area contributed by atoms with Gasteiger partial charge >= 0.3 is 0 Å². The van der Waals surface area contributed by atoms with E-state index in [2.05, 4.69) is 6.07 Å². The molecule has 3 aromatic rings. The van der Waals surface area contributed by atoms with E-state index in [9.17, 15) is 4.39 Å². The molecular weight excluding hydrogens is 309 g/mol. The standard InChI is InChI=1S/C19H14FNOS/c20-14-9-7-13(8-10-14)16-12-19(17-5-3-11-22-17)23-18-6-2-1-4-15(18)21-16/h1-11,19H,12H2/t19-/m0/s1. The number of benzene rings is 2. The molecule has 0 unspecified atom stereocenters. The van der Waals surface area contributed by atoms with Crippen LogP contribution in [0.4, 0.5) is 10.1 Å². The Kier molecular flexibility index (Phi) is 3.75. The summed E-state index contributed by atoms with van der Waals surface area (Å²) in [6, 6.07) is 18.5. The third-order valence-electron chi connectivity index (χ3n) is 3.81. The molecule has 0 fully saturated rings. The van der Waals surface area contributed by atoms with Crippen LogP contribution in [0.1, 0.15) is 23.0 Å². The van der Waals surface area contributed by atoms with Gasteiger partial charge in [-0.15, -0.1) is 11.8 Å². The van der Waals surface area contributed by atoms with Gasteiger partial charge in [-0.1, -0.05) is 24.3 Å². The molecule has 0 spiro atoms. The van der Waals surface area contributed by atoms with Gasteiger partial charge in [0, 0.05) is 17.0 Å². The molecule has 0 N–H and O–H groups in total. The summed E-state index contributed by atoms with van der Waals surface area (Å²) in [6.07, 6.45) is 2.43. The molecule has 0 radical (unpaired) electrons. The maximum Gasteiger partial charge on any atom is 0.123 e. The van der Waals surface area contributed by atoms with Crippen LogP contribution in [-0.2, 0) is 0 Å². The molecule has 1 aliphatic heterocycles. The van der Waals surface area contributed by atoms with Crippen molar-refractivity contribution in [3.8, 4) is 0 Å². The van der Waals surface area contributed by atoms with Crippen LogP contribution < -0.4 is 0 Å². The van der Waals surface area contributed by atoms with Gasteiger partial charge in [-0.3, -0.25) is 4.99 Å². The fourth-order valence-electron chi connectivity index (χ4n) is 2.67. The van der Waals surface area contributed by atoms with E-state index in [0.717, 1.165) is 34.0 Å². The molecule has 4 heteroatoms. The highest BCUT2D eigenvalue weighted by Crippen LogP contribution is 2.45. The van der Waals surface area contributed by atoms with Crippen LogP contribution in [-0.4, -0.2) is 5.71 Å². The first-order valence-electron chi connectivity index (χ1n) is 7.42. The summed E-state index contributed by atoms with van der Waals surface area (Å²) in [7, 11) is 0. The van der Waals surface area contributed by atoms with Crippen LogP contribution in [0.25, 0.3) is 0 Å². The van der Waals surface area contributed by atoms with E-state index < -0.39 is 0 Å². The number of aliphatic imine (C=N–C) groups is 1. The van der Waals surface area contributed by atoms with E-state index in [4.69, 9.17) is 9.41 Å². The molecule has 0 bridgehead atoms. The van der Waals surface area contributed by atoms with Crippen molar-refractivity contribution in [2.24, 2.45) is 4.99 Å². The third-order valence-corrected chi connectivity index (χ3v) is 5.09. The fraction of sp³-hybridized carbons (Fsp3) is 0.105. The Morgan fingerprint density at radius 3 is 2.61 bits per heavy atom. The Hall–Kier alpha value is -2.33. The van der Waals surface area contributed by atoms with Gasteiger partial charge in [-0.25, -0.2) is 4.39 Å². The lowest BCUT2D eigenvalue weighted by atomic mass is 10.0. The summed E-state index contributed by atoms with van der Waals surface area (Å²) in [6.45, 7) is 0. The summed E-state index contributed by atoms with van der Waals surface area (Å²) >= 11 is 1.75. The number of para-hydroxylation sites is 1. The van der Waals surface area contributed by atoms with Gasteiger partial charge in [-0.05, 0) is 42.0 Å². The summed E-state index contributed by atoms with van der Waals surface area (Å²) in [5.74, 6) is 0.696. The number of hydrogen-bond donors (Lipinski definition) is 0. The van der Waals surface area contributed by atoms with Crippen molar-refractivity contribution in [3.05, 3.63) is 84.1 Å². The van der Waals surface area contributed by atoms with Crippen LogP contribution >= 0.6 is 11.8 Å². The SMILES string of the molecule is Fc1ccc(C2=Nc3ccccc3S[C@H](c3ccco3)C2)cc1. The molecule has 0 aliphatic carbocycles. The van der Waals surface area contributed by atoms with Gasteiger partial charge in [0.15, 0.2) is 0 Å². The van der Waals surface area contributed by atoms with Crippen molar-refractivity contribution in [2.75, 3.05) is 0 Å². The van der Waals surface area contributed by atoms with Crippen molar-refractivity contribution >= 4 is 23.2 Å². The molecule has 1 atom stereocenters. The molecule has 1 aliphatic rings. The Bertz CT molecular complexity index is 840. The van der Waals surface area contributed by atoms with Gasteiger partial charge in [0.25, 0.3) is 0 Å². The number of rotatable bonds is 2. The lowest BCUT2D eigenvalue weighted by Crippen LogP contribution is -2.05. The minimum absolute atomic E-state index is 0.150. The first-order valence-corrected chi connectivity index (χ1v) is 8.30. The average molecular weight is 323 g/mol. The minimum Gasteiger partial charge on any atom is -0.468 e. The zero-order chi connectivity index (χ0) is 15.6. The molecule has 0 amide bonds. The maximum absolute atomic E-state index is 13.2. The van der Waals surface area contributed by atoms with E-state index in [1.165, 1.54) is 12.1 Å². The second-order valence-electron chi connectivity index (χ2n) is 5.36. The number of fused-ring (bicyclic) bond motifs is 1. The van der Waals surface area contributed by atoms with Gasteiger partial charge in [0.1, 0.15) is 11.6 Å². The second-order valence-corrected chi connectivity index (χ2v) is 6.60. The molecular formula is C19H14FNOS. The Labute approximate surface area is 138 Å². The van der Waals surface area contributed by atoms with E-state index in [-0.39, 0.29) is 11.1 Å². The smallest absolute Gasteiger partial charge is 0.123 e. The Morgan fingerprint density at radius 1 is 1.00 bits per heavy atom. The van der Waals surface area contributed by atoms with Gasteiger partial charge in [-0.2, -0.15) is 0 Å². The van der Waals surface area contributed by atoms with E-state index in [0.29, 0.717) is 0 Å². The first-order chi connectivity index (χ1) is 11.3. The summed E-state index contributed by atoms with van der Waals surface area (Å²) in [5.41, 5.74) is 2.84. The van der Waals surface area contributed by atoms with E-state index in [1.807, 2.05) is 30.3 Å². The summed E-state index contributed by atoms with van der Waals surface area (Å²) in [5, 5.41) is 0.150. The highest BCUT2D eigenvalue weighted by atomic mass is 32.2. The second kappa shape index (κ2) is 6.05. The highest BCUT2D eigenvalue weighted by molar-refractivity contribution is 7.99. The largest absolute Gasteiger partial charge is 0.468 e. The van der Waals surface area contributed by atoms with Crippen LogP contribution in [0.15, 0.2) is 81.2 Å². The van der Waals surface area contributed by atoms with Gasteiger partial charge in [0.2, 0.25) is 0 Å². The van der Waals surface area contributed by atoms with Crippen molar-refractivity contribution in [3.63, 3.8) is 0 Å². The van der Waals surface area contributed by atoms with Crippen LogP contribution in [0.2, 0.25) is 0 Å². The predicted octanol–water partition coefficient (Wildman–Crippen LogP) is 5.78. The zero-order valence-electron chi connectivity index (χ0n) is 12.3. The average Bonchev–Trinajstić information content (AvgIpc) is 3.03. The number of hydrogen-bond acceptors (Lipinski definition) is 3. The zero-order valence-corrected chi connectivity index (χ0v) is 13.1. The quantitative estimate of drug-likeness (QED) is 0.597. The number of furan rings is 1. The molecule has 4 rings (SSSR count). The van der Waals surface area contributed by atoms with Crippen molar-refractivity contribution in [1.82, 2.24) is 0 Å². The minimum atomic E-state index is -0.236. The van der Waals surface area contributed by atoms with Crippen LogP contribution in [0, 0.1) is 5.82 Å². The van der Waals surface area contributed by atoms with Crippen molar-refractivity contribution < 1.29 is 8.81 Å². The molecule has 0 saturated heterocycles. The number of thioether (sulfide) groups is 1. The maximum atomic E-state index is 13.2. The topological polar surface area (TPSA) is 25.5 Å². The van der Waals surface area contributed by atoms with Gasteiger partial charge < -0.3 is 4.42 Å². The Morgan fingerprint density at radius 2 is 1.83 bits per heavy atom. The molecule has 23 heavy (non-hydrogen) atoms. The van der Waals surface area contributed by atoms with Crippen LogP contribution in [0.3, 0.4) is 0 Å². The summed E-state index contributed by atoms with van der Waals surface area (Å²) in [4.78, 5) is 5.96. The molecule has 2 heterocycles. The Balaban J connectivity index is 1.80. The predicted molar refractivity (Wildman–Crippen MR) is 91.0 cm³/mol. The highest BCUT2D eigenvalue weighted by Gasteiger charge is 2.24. The lowest BCUT2D eigenvalue weighted by Gasteiger charge is -2.13. The fourth-order valence-corrected chi connectivity index (χ4v) is 3.86. The molecule has 2 aromatic carbocycles. The molecule has 1 aromatic heterocycles. The van der Waals surface area contributed by atoms with E-state index >= 15 is 0 Å². The van der Waals surface area contributed by atoms with Gasteiger partial charge in [0.05, 0.1) is 17.2 Å². The van der Waals surface area contributed by atoms with Crippen molar-refractivity contribution in [2.45, 2.75) is 16.6 Å². The monoisotopic (exact) mass is 323 g/mol. The molecule has 114 valence electrons. The lowest BCUT2D eigenvalue weighted by molar-refractivity contribution is 0.508. The summed E-state index contributed by atoms with van der Waals surface area (Å²) < 4.78 is 18.8. The molecule has 2 nitrogen and oxygen atoms in total.